The summed E-state index contributed by atoms with van der Waals surface area (Å²) in [6.07, 6.45) is 2.06. The zero-order valence-corrected chi connectivity index (χ0v) is 10.9. The van der Waals surface area contributed by atoms with Gasteiger partial charge in [-0.2, -0.15) is 22.1 Å². The summed E-state index contributed by atoms with van der Waals surface area (Å²) >= 11 is 1.77. The summed E-state index contributed by atoms with van der Waals surface area (Å²) in [5.74, 6) is 1.69. The number of hydrogen-bond acceptors (Lipinski definition) is 5. The van der Waals surface area contributed by atoms with Crippen LogP contribution in [-0.2, 0) is 0 Å². The van der Waals surface area contributed by atoms with E-state index in [1.165, 1.54) is 0 Å². The summed E-state index contributed by atoms with van der Waals surface area (Å²) in [5.41, 5.74) is 2.37. The van der Waals surface area contributed by atoms with Crippen molar-refractivity contribution < 1.29 is 0 Å². The molecule has 0 saturated heterocycles. The molecule has 1 aromatic heterocycles. The van der Waals surface area contributed by atoms with E-state index in [2.05, 4.69) is 22.5 Å². The van der Waals surface area contributed by atoms with Gasteiger partial charge < -0.3 is 4.90 Å². The Morgan fingerprint density at radius 3 is 2.62 bits per heavy atom. The van der Waals surface area contributed by atoms with Gasteiger partial charge in [-0.05, 0) is 25.7 Å². The molecule has 1 rings (SSSR count). The molecule has 0 unspecified atom stereocenters. The molecule has 0 radical (unpaired) electrons. The van der Waals surface area contributed by atoms with Gasteiger partial charge in [-0.25, -0.2) is 0 Å². The lowest BCUT2D eigenvalue weighted by atomic mass is 10.1. The van der Waals surface area contributed by atoms with Gasteiger partial charge in [0.05, 0.1) is 5.69 Å². The first-order valence-electron chi connectivity index (χ1n) is 5.05. The molecule has 0 fully saturated rings. The molecule has 0 aliphatic rings. The molecule has 0 aliphatic heterocycles. The Bertz CT molecular complexity index is 411. The monoisotopic (exact) mass is 236 g/mol. The molecule has 0 amide bonds. The third-order valence-electron chi connectivity index (χ3n) is 2.54. The highest BCUT2D eigenvalue weighted by atomic mass is 32.2. The molecular formula is C11H16N4S. The van der Waals surface area contributed by atoms with E-state index in [0.29, 0.717) is 11.4 Å². The number of aryl methyl sites for hydroxylation is 1. The predicted molar refractivity (Wildman–Crippen MR) is 67.9 cm³/mol. The second-order valence-electron chi connectivity index (χ2n) is 3.64. The molecule has 0 saturated carbocycles. The number of nitrogens with zero attached hydrogens (tertiary/aromatic N) is 4. The van der Waals surface area contributed by atoms with Gasteiger partial charge in [0.2, 0.25) is 0 Å². The van der Waals surface area contributed by atoms with Gasteiger partial charge in [-0.3, -0.25) is 0 Å². The molecule has 0 bridgehead atoms. The van der Waals surface area contributed by atoms with Crippen LogP contribution in [0.2, 0.25) is 0 Å². The quantitative estimate of drug-likeness (QED) is 0.797. The van der Waals surface area contributed by atoms with Crippen LogP contribution < -0.4 is 4.90 Å². The normalized spacial score (nSPS) is 9.94. The van der Waals surface area contributed by atoms with Crippen molar-refractivity contribution in [2.24, 2.45) is 0 Å². The van der Waals surface area contributed by atoms with Crippen LogP contribution in [0.4, 0.5) is 5.82 Å². The van der Waals surface area contributed by atoms with Crippen LogP contribution in [0.15, 0.2) is 0 Å². The Labute approximate surface area is 101 Å². The summed E-state index contributed by atoms with van der Waals surface area (Å²) in [6, 6.07) is 2.21. The molecule has 0 aliphatic carbocycles. The number of nitriles is 1. The maximum atomic E-state index is 9.15. The number of anilines is 1. The fourth-order valence-corrected chi connectivity index (χ4v) is 1.79. The highest BCUT2D eigenvalue weighted by Crippen LogP contribution is 2.20. The van der Waals surface area contributed by atoms with Gasteiger partial charge in [-0.1, -0.05) is 0 Å². The summed E-state index contributed by atoms with van der Waals surface area (Å²) in [7, 11) is 1.94. The van der Waals surface area contributed by atoms with Crippen molar-refractivity contribution in [1.82, 2.24) is 10.2 Å². The molecule has 0 spiro atoms. The largest absolute Gasteiger partial charge is 0.356 e. The second kappa shape index (κ2) is 5.71. The maximum Gasteiger partial charge on any atom is 0.169 e. The van der Waals surface area contributed by atoms with Gasteiger partial charge in [0.15, 0.2) is 5.82 Å². The molecule has 86 valence electrons. The molecule has 0 N–H and O–H groups in total. The molecule has 0 atom stereocenters. The van der Waals surface area contributed by atoms with Crippen molar-refractivity contribution >= 4 is 17.6 Å². The molecule has 16 heavy (non-hydrogen) atoms. The third kappa shape index (κ3) is 2.64. The Balaban J connectivity index is 3.05. The summed E-state index contributed by atoms with van der Waals surface area (Å²) < 4.78 is 0. The lowest BCUT2D eigenvalue weighted by Crippen LogP contribution is -2.23. The van der Waals surface area contributed by atoms with Crippen LogP contribution >= 0.6 is 11.8 Å². The fraction of sp³-hybridized carbons (Fsp3) is 0.545. The lowest BCUT2D eigenvalue weighted by Gasteiger charge is -2.19. The first-order valence-corrected chi connectivity index (χ1v) is 6.45. The SMILES string of the molecule is CSCCN(C)c1nnc(C)c(C)c1C#N. The van der Waals surface area contributed by atoms with Crippen LogP contribution in [0.1, 0.15) is 16.8 Å². The van der Waals surface area contributed by atoms with E-state index in [-0.39, 0.29) is 0 Å². The Kier molecular flexibility index (Phi) is 4.56. The average Bonchev–Trinajstić information content (AvgIpc) is 2.29. The predicted octanol–water partition coefficient (Wildman–Crippen LogP) is 1.76. The molecule has 1 heterocycles. The lowest BCUT2D eigenvalue weighted by molar-refractivity contribution is 0.873. The van der Waals surface area contributed by atoms with E-state index in [1.54, 1.807) is 11.8 Å². The zero-order valence-electron chi connectivity index (χ0n) is 10.1. The van der Waals surface area contributed by atoms with Gasteiger partial charge in [0, 0.05) is 19.3 Å². The second-order valence-corrected chi connectivity index (χ2v) is 4.62. The van der Waals surface area contributed by atoms with Crippen LogP contribution in [0.5, 0.6) is 0 Å². The fourth-order valence-electron chi connectivity index (χ4n) is 1.33. The van der Waals surface area contributed by atoms with Crippen LogP contribution in [0.3, 0.4) is 0 Å². The van der Waals surface area contributed by atoms with Gasteiger partial charge in [0.25, 0.3) is 0 Å². The van der Waals surface area contributed by atoms with Gasteiger partial charge in [0.1, 0.15) is 11.6 Å². The van der Waals surface area contributed by atoms with E-state index >= 15 is 0 Å². The third-order valence-corrected chi connectivity index (χ3v) is 3.13. The number of aromatic nitrogens is 2. The molecule has 5 heteroatoms. The number of rotatable bonds is 4. The van der Waals surface area contributed by atoms with Crippen molar-refractivity contribution in [2.45, 2.75) is 13.8 Å². The van der Waals surface area contributed by atoms with Crippen LogP contribution in [0.25, 0.3) is 0 Å². The van der Waals surface area contributed by atoms with Gasteiger partial charge >= 0.3 is 0 Å². The van der Waals surface area contributed by atoms with E-state index < -0.39 is 0 Å². The molecule has 1 aromatic rings. The van der Waals surface area contributed by atoms with E-state index in [9.17, 15) is 0 Å². The van der Waals surface area contributed by atoms with Crippen molar-refractivity contribution in [1.29, 1.82) is 5.26 Å². The molecular weight excluding hydrogens is 220 g/mol. The van der Waals surface area contributed by atoms with Crippen LogP contribution in [-0.4, -0.2) is 35.8 Å². The minimum absolute atomic E-state index is 0.635. The first-order chi connectivity index (χ1) is 7.61. The minimum atomic E-state index is 0.635. The Morgan fingerprint density at radius 2 is 2.06 bits per heavy atom. The summed E-state index contributed by atoms with van der Waals surface area (Å²) in [6.45, 7) is 4.65. The molecule has 0 aromatic carbocycles. The van der Waals surface area contributed by atoms with Gasteiger partial charge in [-0.15, -0.1) is 5.10 Å². The first kappa shape index (κ1) is 12.8. The Hall–Kier alpha value is -1.28. The number of hydrogen-bond donors (Lipinski definition) is 0. The smallest absolute Gasteiger partial charge is 0.169 e. The summed E-state index contributed by atoms with van der Waals surface area (Å²) in [4.78, 5) is 1.98. The molecule has 4 nitrogen and oxygen atoms in total. The van der Waals surface area contributed by atoms with E-state index in [4.69, 9.17) is 5.26 Å². The standard InChI is InChI=1S/C11H16N4S/c1-8-9(2)13-14-11(10(8)7-12)15(3)5-6-16-4/h5-6H2,1-4H3. The summed E-state index contributed by atoms with van der Waals surface area (Å²) in [5, 5.41) is 17.3. The maximum absolute atomic E-state index is 9.15. The van der Waals surface area contributed by atoms with E-state index in [0.717, 1.165) is 23.6 Å². The van der Waals surface area contributed by atoms with Crippen molar-refractivity contribution in [3.05, 3.63) is 16.8 Å². The Morgan fingerprint density at radius 1 is 1.38 bits per heavy atom. The number of thioether (sulfide) groups is 1. The minimum Gasteiger partial charge on any atom is -0.356 e. The van der Waals surface area contributed by atoms with Crippen molar-refractivity contribution in [3.63, 3.8) is 0 Å². The van der Waals surface area contributed by atoms with Crippen molar-refractivity contribution in [2.75, 3.05) is 30.5 Å². The van der Waals surface area contributed by atoms with E-state index in [1.807, 2.05) is 25.8 Å². The highest BCUT2D eigenvalue weighted by molar-refractivity contribution is 7.98. The average molecular weight is 236 g/mol. The zero-order chi connectivity index (χ0) is 12.1. The highest BCUT2D eigenvalue weighted by Gasteiger charge is 2.13. The van der Waals surface area contributed by atoms with Crippen molar-refractivity contribution in [3.8, 4) is 6.07 Å². The van der Waals surface area contributed by atoms with Crippen LogP contribution in [0, 0.1) is 25.2 Å². The topological polar surface area (TPSA) is 52.8 Å².